The van der Waals surface area contributed by atoms with E-state index in [1.807, 2.05) is 18.2 Å². The summed E-state index contributed by atoms with van der Waals surface area (Å²) in [5.41, 5.74) is 1.01. The van der Waals surface area contributed by atoms with Gasteiger partial charge in [-0.05, 0) is 49.5 Å². The first-order valence-electron chi connectivity index (χ1n) is 7.64. The highest BCUT2D eigenvalue weighted by atomic mass is 16.2. The Morgan fingerprint density at radius 1 is 1.11 bits per heavy atom. The molecule has 3 atom stereocenters. The van der Waals surface area contributed by atoms with Crippen LogP contribution in [0.4, 0.5) is 0 Å². The fourth-order valence-electron chi connectivity index (χ4n) is 4.26. The average molecular weight is 255 g/mol. The summed E-state index contributed by atoms with van der Waals surface area (Å²) in [6.07, 6.45) is 7.33. The second kappa shape index (κ2) is 4.09. The van der Waals surface area contributed by atoms with Crippen molar-refractivity contribution in [3.63, 3.8) is 0 Å². The van der Waals surface area contributed by atoms with Crippen LogP contribution in [0.15, 0.2) is 30.3 Å². The summed E-state index contributed by atoms with van der Waals surface area (Å²) >= 11 is 0. The Labute approximate surface area is 114 Å². The monoisotopic (exact) mass is 255 g/mol. The molecule has 0 unspecified atom stereocenters. The lowest BCUT2D eigenvalue weighted by Gasteiger charge is -2.26. The van der Waals surface area contributed by atoms with Crippen LogP contribution >= 0.6 is 0 Å². The van der Waals surface area contributed by atoms with E-state index in [4.69, 9.17) is 0 Å². The maximum Gasteiger partial charge on any atom is 0.230 e. The fraction of sp³-hybridized carbons (Fsp3) is 0.588. The van der Waals surface area contributed by atoms with Gasteiger partial charge in [0.05, 0.1) is 5.41 Å². The number of amides is 1. The number of carbonyl (C=O) groups excluding carboxylic acids is 1. The predicted molar refractivity (Wildman–Crippen MR) is 74.7 cm³/mol. The maximum absolute atomic E-state index is 12.6. The van der Waals surface area contributed by atoms with Gasteiger partial charge in [0, 0.05) is 6.04 Å². The van der Waals surface area contributed by atoms with Crippen molar-refractivity contribution in [2.45, 2.75) is 50.0 Å². The lowest BCUT2D eigenvalue weighted by Crippen LogP contribution is -2.44. The minimum Gasteiger partial charge on any atom is -0.352 e. The summed E-state index contributed by atoms with van der Waals surface area (Å²) in [6, 6.07) is 10.8. The first-order chi connectivity index (χ1) is 9.28. The third kappa shape index (κ3) is 1.80. The Morgan fingerprint density at radius 3 is 2.47 bits per heavy atom. The SMILES string of the molecule is O=C(N[C@@H]1C[C@@H]2CC[C@@H]1C2)C1(c2ccccc2)CC1. The van der Waals surface area contributed by atoms with Crippen molar-refractivity contribution in [2.75, 3.05) is 0 Å². The van der Waals surface area contributed by atoms with Gasteiger partial charge < -0.3 is 5.32 Å². The van der Waals surface area contributed by atoms with Gasteiger partial charge in [-0.2, -0.15) is 0 Å². The van der Waals surface area contributed by atoms with Gasteiger partial charge >= 0.3 is 0 Å². The van der Waals surface area contributed by atoms with Crippen molar-refractivity contribution >= 4 is 5.91 Å². The summed E-state index contributed by atoms with van der Waals surface area (Å²) in [6.45, 7) is 0. The van der Waals surface area contributed by atoms with Gasteiger partial charge in [0.15, 0.2) is 0 Å². The van der Waals surface area contributed by atoms with E-state index < -0.39 is 0 Å². The molecule has 0 spiro atoms. The smallest absolute Gasteiger partial charge is 0.230 e. The van der Waals surface area contributed by atoms with Crippen LogP contribution in [0.3, 0.4) is 0 Å². The van der Waals surface area contributed by atoms with Crippen LogP contribution in [0.5, 0.6) is 0 Å². The molecule has 4 rings (SSSR count). The van der Waals surface area contributed by atoms with E-state index in [1.165, 1.54) is 31.2 Å². The van der Waals surface area contributed by atoms with E-state index in [9.17, 15) is 4.79 Å². The number of hydrogen-bond acceptors (Lipinski definition) is 1. The topological polar surface area (TPSA) is 29.1 Å². The van der Waals surface area contributed by atoms with E-state index in [1.54, 1.807) is 0 Å². The number of nitrogens with one attached hydrogen (secondary N) is 1. The molecular weight excluding hydrogens is 234 g/mol. The lowest BCUT2D eigenvalue weighted by atomic mass is 9.91. The Bertz CT molecular complexity index is 491. The molecule has 0 heterocycles. The lowest BCUT2D eigenvalue weighted by molar-refractivity contribution is -0.124. The number of carbonyl (C=O) groups is 1. The van der Waals surface area contributed by atoms with Crippen LogP contribution in [0.2, 0.25) is 0 Å². The summed E-state index contributed by atoms with van der Waals surface area (Å²) in [4.78, 5) is 12.6. The molecule has 0 aromatic heterocycles. The molecule has 0 radical (unpaired) electrons. The molecule has 1 amide bonds. The zero-order valence-electron chi connectivity index (χ0n) is 11.3. The number of rotatable bonds is 3. The molecule has 3 fully saturated rings. The summed E-state index contributed by atoms with van der Waals surface area (Å²) in [5.74, 6) is 1.94. The highest BCUT2D eigenvalue weighted by Gasteiger charge is 2.52. The van der Waals surface area contributed by atoms with E-state index >= 15 is 0 Å². The van der Waals surface area contributed by atoms with Crippen molar-refractivity contribution in [3.8, 4) is 0 Å². The molecule has 3 aliphatic rings. The molecule has 3 aliphatic carbocycles. The highest BCUT2D eigenvalue weighted by molar-refractivity contribution is 5.91. The Hall–Kier alpha value is -1.31. The molecular formula is C17H21NO. The molecule has 2 bridgehead atoms. The zero-order valence-corrected chi connectivity index (χ0v) is 11.3. The summed E-state index contributed by atoms with van der Waals surface area (Å²) < 4.78 is 0. The molecule has 19 heavy (non-hydrogen) atoms. The van der Waals surface area contributed by atoms with Gasteiger partial charge in [0.1, 0.15) is 0 Å². The van der Waals surface area contributed by atoms with Crippen LogP contribution in [0.1, 0.15) is 44.1 Å². The maximum atomic E-state index is 12.6. The molecule has 100 valence electrons. The van der Waals surface area contributed by atoms with E-state index in [0.717, 1.165) is 24.7 Å². The van der Waals surface area contributed by atoms with Crippen LogP contribution in [-0.4, -0.2) is 11.9 Å². The molecule has 2 nitrogen and oxygen atoms in total. The normalized spacial score (nSPS) is 34.2. The van der Waals surface area contributed by atoms with Crippen molar-refractivity contribution in [2.24, 2.45) is 11.8 Å². The molecule has 1 N–H and O–H groups in total. The summed E-state index contributed by atoms with van der Waals surface area (Å²) in [5, 5.41) is 3.37. The first-order valence-corrected chi connectivity index (χ1v) is 7.64. The predicted octanol–water partition coefficient (Wildman–Crippen LogP) is 3.02. The van der Waals surface area contributed by atoms with E-state index in [2.05, 4.69) is 17.4 Å². The average Bonchev–Trinajstić information content (AvgIpc) is 3.01. The first kappa shape index (κ1) is 11.5. The van der Waals surface area contributed by atoms with Crippen molar-refractivity contribution in [3.05, 3.63) is 35.9 Å². The van der Waals surface area contributed by atoms with Crippen LogP contribution in [0, 0.1) is 11.8 Å². The fourth-order valence-corrected chi connectivity index (χ4v) is 4.26. The minimum absolute atomic E-state index is 0.191. The van der Waals surface area contributed by atoms with Gasteiger partial charge in [0.2, 0.25) is 5.91 Å². The summed E-state index contributed by atoms with van der Waals surface area (Å²) in [7, 11) is 0. The zero-order chi connectivity index (χ0) is 12.9. The van der Waals surface area contributed by atoms with Crippen molar-refractivity contribution in [1.29, 1.82) is 0 Å². The van der Waals surface area contributed by atoms with Crippen molar-refractivity contribution in [1.82, 2.24) is 5.32 Å². The number of fused-ring (bicyclic) bond motifs is 2. The standard InChI is InChI=1S/C17H21NO/c19-16(18-15-11-12-6-7-13(15)10-12)17(8-9-17)14-4-2-1-3-5-14/h1-5,12-13,15H,6-11H2,(H,18,19)/t12-,13-,15-/m1/s1. The second-order valence-electron chi connectivity index (χ2n) is 6.70. The third-order valence-corrected chi connectivity index (χ3v) is 5.57. The Morgan fingerprint density at radius 2 is 1.89 bits per heavy atom. The Kier molecular flexibility index (Phi) is 2.48. The highest BCUT2D eigenvalue weighted by Crippen LogP contribution is 2.50. The quantitative estimate of drug-likeness (QED) is 0.883. The Balaban J connectivity index is 1.49. The van der Waals surface area contributed by atoms with Gasteiger partial charge in [0.25, 0.3) is 0 Å². The largest absolute Gasteiger partial charge is 0.352 e. The number of benzene rings is 1. The van der Waals surface area contributed by atoms with Crippen LogP contribution in [-0.2, 0) is 10.2 Å². The molecule has 1 aromatic rings. The minimum atomic E-state index is -0.191. The van der Waals surface area contributed by atoms with Crippen LogP contribution < -0.4 is 5.32 Å². The molecule has 0 aliphatic heterocycles. The van der Waals surface area contributed by atoms with Crippen LogP contribution in [0.25, 0.3) is 0 Å². The molecule has 0 saturated heterocycles. The van der Waals surface area contributed by atoms with Gasteiger partial charge in [-0.1, -0.05) is 36.8 Å². The second-order valence-corrected chi connectivity index (χ2v) is 6.70. The van der Waals surface area contributed by atoms with Gasteiger partial charge in [-0.15, -0.1) is 0 Å². The van der Waals surface area contributed by atoms with Gasteiger partial charge in [-0.3, -0.25) is 4.79 Å². The van der Waals surface area contributed by atoms with E-state index in [-0.39, 0.29) is 11.3 Å². The third-order valence-electron chi connectivity index (χ3n) is 5.57. The molecule has 1 aromatic carbocycles. The van der Waals surface area contributed by atoms with Crippen molar-refractivity contribution < 1.29 is 4.79 Å². The number of hydrogen-bond donors (Lipinski definition) is 1. The van der Waals surface area contributed by atoms with Gasteiger partial charge in [-0.25, -0.2) is 0 Å². The van der Waals surface area contributed by atoms with E-state index in [0.29, 0.717) is 6.04 Å². The molecule has 2 heteroatoms. The molecule has 3 saturated carbocycles.